The third-order valence-electron chi connectivity index (χ3n) is 4.31. The van der Waals surface area contributed by atoms with E-state index in [1.165, 1.54) is 23.9 Å². The molecule has 10 heteroatoms. The molecule has 1 aromatic heterocycles. The lowest BCUT2D eigenvalue weighted by Gasteiger charge is -2.02. The molecule has 3 aromatic rings. The van der Waals surface area contributed by atoms with Crippen molar-refractivity contribution in [1.82, 2.24) is 5.32 Å². The maximum absolute atomic E-state index is 12.3. The fraction of sp³-hybridized carbons (Fsp3) is 0.0476. The minimum absolute atomic E-state index is 0.0629. The Bertz CT molecular complexity index is 1270. The minimum atomic E-state index is -0.595. The number of benzene rings is 2. The molecular weight excluding hydrogens is 461 g/mol. The summed E-state index contributed by atoms with van der Waals surface area (Å²) in [5.41, 5.74) is 1.90. The van der Waals surface area contributed by atoms with E-state index in [0.29, 0.717) is 27.2 Å². The number of nitrogens with one attached hydrogen (secondary N) is 1. The number of carbonyl (C=O) groups is 1. The topological polar surface area (TPSA) is 97.7 Å². The number of aliphatic imine (C=N–C) groups is 1. The Morgan fingerprint density at radius 2 is 1.87 bits per heavy atom. The number of nitro benzene ring substituents is 1. The summed E-state index contributed by atoms with van der Waals surface area (Å²) >= 11 is 13.2. The minimum Gasteiger partial charge on any atom is -0.457 e. The van der Waals surface area contributed by atoms with Gasteiger partial charge in [0.05, 0.1) is 20.5 Å². The normalized spacial score (nSPS) is 16.2. The van der Waals surface area contributed by atoms with E-state index in [9.17, 15) is 14.9 Å². The van der Waals surface area contributed by atoms with Gasteiger partial charge in [0.15, 0.2) is 5.17 Å². The predicted octanol–water partition coefficient (Wildman–Crippen LogP) is 6.36. The Morgan fingerprint density at radius 1 is 1.13 bits per heavy atom. The average Bonchev–Trinajstić information content (AvgIpc) is 3.30. The van der Waals surface area contributed by atoms with Crippen molar-refractivity contribution in [2.45, 2.75) is 6.92 Å². The molecule has 1 amide bonds. The number of amides is 1. The predicted molar refractivity (Wildman–Crippen MR) is 123 cm³/mol. The Hall–Kier alpha value is -3.07. The van der Waals surface area contributed by atoms with E-state index in [-0.39, 0.29) is 21.6 Å². The molecule has 4 rings (SSSR count). The van der Waals surface area contributed by atoms with Crippen molar-refractivity contribution in [3.8, 4) is 11.3 Å². The number of thioether (sulfide) groups is 1. The fourth-order valence-electron chi connectivity index (χ4n) is 2.79. The van der Waals surface area contributed by atoms with Crippen LogP contribution < -0.4 is 5.32 Å². The number of nitrogens with zero attached hydrogens (tertiary/aromatic N) is 2. The summed E-state index contributed by atoms with van der Waals surface area (Å²) in [5.74, 6) is 0.403. The number of nitro groups is 1. The number of rotatable bonds is 4. The van der Waals surface area contributed by atoms with E-state index < -0.39 is 4.92 Å². The molecule has 1 saturated heterocycles. The van der Waals surface area contributed by atoms with Gasteiger partial charge in [-0.2, -0.15) is 0 Å². The molecule has 1 fully saturated rings. The van der Waals surface area contributed by atoms with Crippen molar-refractivity contribution in [3.05, 3.63) is 84.9 Å². The van der Waals surface area contributed by atoms with Gasteiger partial charge in [0.2, 0.25) is 0 Å². The molecule has 156 valence electrons. The van der Waals surface area contributed by atoms with E-state index in [2.05, 4.69) is 10.3 Å². The highest BCUT2D eigenvalue weighted by Gasteiger charge is 2.25. The number of carbonyl (C=O) groups excluding carboxylic acids is 1. The Kier molecular flexibility index (Phi) is 5.86. The molecule has 1 N–H and O–H groups in total. The van der Waals surface area contributed by atoms with Gasteiger partial charge in [0, 0.05) is 17.7 Å². The van der Waals surface area contributed by atoms with E-state index in [4.69, 9.17) is 27.6 Å². The van der Waals surface area contributed by atoms with Gasteiger partial charge in [0.1, 0.15) is 16.5 Å². The van der Waals surface area contributed by atoms with Crippen LogP contribution in [-0.4, -0.2) is 16.0 Å². The molecular formula is C21H13Cl2N3O4S. The Morgan fingerprint density at radius 3 is 2.58 bits per heavy atom. The first-order valence-electron chi connectivity index (χ1n) is 8.90. The van der Waals surface area contributed by atoms with Crippen molar-refractivity contribution in [2.24, 2.45) is 4.99 Å². The third kappa shape index (κ3) is 4.66. The second-order valence-corrected chi connectivity index (χ2v) is 8.40. The molecule has 0 spiro atoms. The van der Waals surface area contributed by atoms with Gasteiger partial charge in [-0.3, -0.25) is 14.9 Å². The van der Waals surface area contributed by atoms with Crippen LogP contribution in [0.5, 0.6) is 0 Å². The summed E-state index contributed by atoms with van der Waals surface area (Å²) in [6, 6.07) is 13.4. The van der Waals surface area contributed by atoms with Crippen LogP contribution in [0, 0.1) is 17.0 Å². The number of aryl methyl sites for hydroxylation is 1. The molecule has 0 saturated carbocycles. The molecule has 0 aliphatic carbocycles. The van der Waals surface area contributed by atoms with Gasteiger partial charge in [-0.05, 0) is 49.0 Å². The van der Waals surface area contributed by atoms with Gasteiger partial charge in [-0.1, -0.05) is 40.9 Å². The van der Waals surface area contributed by atoms with Gasteiger partial charge < -0.3 is 9.73 Å². The zero-order valence-corrected chi connectivity index (χ0v) is 18.2. The van der Waals surface area contributed by atoms with Crippen LogP contribution in [0.2, 0.25) is 10.0 Å². The fourth-order valence-corrected chi connectivity index (χ4v) is 4.15. The summed E-state index contributed by atoms with van der Waals surface area (Å²) in [6.07, 6.45) is 1.57. The third-order valence-corrected chi connectivity index (χ3v) is 5.84. The summed E-state index contributed by atoms with van der Waals surface area (Å²) in [7, 11) is 0. The van der Waals surface area contributed by atoms with Crippen molar-refractivity contribution in [3.63, 3.8) is 0 Å². The second kappa shape index (κ2) is 8.58. The van der Waals surface area contributed by atoms with Crippen LogP contribution >= 0.6 is 35.0 Å². The van der Waals surface area contributed by atoms with Crippen molar-refractivity contribution < 1.29 is 14.1 Å². The molecule has 0 unspecified atom stereocenters. The smallest absolute Gasteiger partial charge is 0.288 e. The number of furan rings is 1. The first-order chi connectivity index (χ1) is 14.8. The lowest BCUT2D eigenvalue weighted by Crippen LogP contribution is -2.19. The van der Waals surface area contributed by atoms with Crippen LogP contribution in [0.4, 0.5) is 11.4 Å². The van der Waals surface area contributed by atoms with Gasteiger partial charge in [0.25, 0.3) is 11.6 Å². The molecule has 2 heterocycles. The molecule has 1 aliphatic rings. The molecule has 0 atom stereocenters. The molecule has 0 radical (unpaired) electrons. The van der Waals surface area contributed by atoms with Gasteiger partial charge >= 0.3 is 0 Å². The first kappa shape index (κ1) is 21.2. The summed E-state index contributed by atoms with van der Waals surface area (Å²) in [5, 5.41) is 14.5. The standard InChI is InChI=1S/C21H13Cl2N3O4S/c1-11-2-4-12(5-3-11)24-21-25-20(27)19(31-21)8-13-6-7-18(30-13)14-9-17(26(28)29)16(23)10-15(14)22/h2-10H,1H3,(H,24,25,27)/b19-8+. The number of halogens is 2. The van der Waals surface area contributed by atoms with Crippen LogP contribution in [-0.2, 0) is 4.79 Å². The SMILES string of the molecule is Cc1ccc(N=C2NC(=O)/C(=C\c3ccc(-c4cc([N+](=O)[O-])c(Cl)cc4Cl)o3)S2)cc1. The highest BCUT2D eigenvalue weighted by molar-refractivity contribution is 8.18. The van der Waals surface area contributed by atoms with Gasteiger partial charge in [-0.25, -0.2) is 4.99 Å². The zero-order valence-electron chi connectivity index (χ0n) is 15.9. The summed E-state index contributed by atoms with van der Waals surface area (Å²) in [6.45, 7) is 1.98. The van der Waals surface area contributed by atoms with Gasteiger partial charge in [-0.15, -0.1) is 0 Å². The Labute approximate surface area is 190 Å². The average molecular weight is 474 g/mol. The van der Waals surface area contributed by atoms with E-state index in [1.807, 2.05) is 31.2 Å². The summed E-state index contributed by atoms with van der Waals surface area (Å²) in [4.78, 5) is 27.7. The van der Waals surface area contributed by atoms with Crippen molar-refractivity contribution in [1.29, 1.82) is 0 Å². The van der Waals surface area contributed by atoms with Crippen LogP contribution in [0.25, 0.3) is 17.4 Å². The van der Waals surface area contributed by atoms with E-state index >= 15 is 0 Å². The molecule has 2 aromatic carbocycles. The molecule has 0 bridgehead atoms. The maximum atomic E-state index is 12.3. The highest BCUT2D eigenvalue weighted by Crippen LogP contribution is 2.38. The lowest BCUT2D eigenvalue weighted by atomic mass is 10.1. The van der Waals surface area contributed by atoms with Crippen LogP contribution in [0.3, 0.4) is 0 Å². The van der Waals surface area contributed by atoms with E-state index in [1.54, 1.807) is 18.2 Å². The molecule has 31 heavy (non-hydrogen) atoms. The highest BCUT2D eigenvalue weighted by atomic mass is 35.5. The largest absolute Gasteiger partial charge is 0.457 e. The zero-order chi connectivity index (χ0) is 22.1. The summed E-state index contributed by atoms with van der Waals surface area (Å²) < 4.78 is 5.74. The molecule has 1 aliphatic heterocycles. The number of hydrogen-bond acceptors (Lipinski definition) is 6. The number of amidine groups is 1. The second-order valence-electron chi connectivity index (χ2n) is 6.56. The van der Waals surface area contributed by atoms with Crippen molar-refractivity contribution in [2.75, 3.05) is 0 Å². The quantitative estimate of drug-likeness (QED) is 0.270. The monoisotopic (exact) mass is 473 g/mol. The Balaban J connectivity index is 1.59. The van der Waals surface area contributed by atoms with Crippen LogP contribution in [0.15, 0.2) is 62.8 Å². The first-order valence-corrected chi connectivity index (χ1v) is 10.5. The molecule has 7 nitrogen and oxygen atoms in total. The van der Waals surface area contributed by atoms with Crippen LogP contribution in [0.1, 0.15) is 11.3 Å². The van der Waals surface area contributed by atoms with Crippen molar-refractivity contribution >= 4 is 63.5 Å². The lowest BCUT2D eigenvalue weighted by molar-refractivity contribution is -0.384. The maximum Gasteiger partial charge on any atom is 0.288 e. The van der Waals surface area contributed by atoms with E-state index in [0.717, 1.165) is 11.3 Å². The number of hydrogen-bond donors (Lipinski definition) is 1.